The first-order valence-corrected chi connectivity index (χ1v) is 12.6. The Kier molecular flexibility index (Phi) is 8.09. The Morgan fingerprint density at radius 1 is 1.30 bits per heavy atom. The van der Waals surface area contributed by atoms with Gasteiger partial charge in [0.2, 0.25) is 11.7 Å². The van der Waals surface area contributed by atoms with E-state index in [0.717, 1.165) is 42.1 Å². The molecule has 10 nitrogen and oxygen atoms in total. The number of rotatable bonds is 9. The first-order chi connectivity index (χ1) is 17.8. The van der Waals surface area contributed by atoms with Crippen LogP contribution in [-0.4, -0.2) is 80.5 Å². The summed E-state index contributed by atoms with van der Waals surface area (Å²) in [6, 6.07) is 5.59. The molecule has 0 saturated carbocycles. The number of ether oxygens (including phenoxy) is 3. The molecule has 3 atom stereocenters. The number of nitrogens with zero attached hydrogens (tertiary/aromatic N) is 4. The zero-order valence-electron chi connectivity index (χ0n) is 22.2. The lowest BCUT2D eigenvalue weighted by molar-refractivity contribution is -0.713. The molecule has 1 unspecified atom stereocenters. The normalized spacial score (nSPS) is 23.1. The summed E-state index contributed by atoms with van der Waals surface area (Å²) in [5, 5.41) is 2.79. The SMILES string of the molecule is CCC[C@H](C)OC(=O)Nc1ccc(C2=NC([C@H]3CCN(C(=O)COC)C3)=C3C=NC=C[N+]23C)cc1OC. The zero-order chi connectivity index (χ0) is 26.6. The quantitative estimate of drug-likeness (QED) is 0.508. The van der Waals surface area contributed by atoms with Crippen LogP contribution in [0.3, 0.4) is 0 Å². The highest BCUT2D eigenvalue weighted by atomic mass is 16.6. The summed E-state index contributed by atoms with van der Waals surface area (Å²) >= 11 is 0. The van der Waals surface area contributed by atoms with Crippen molar-refractivity contribution in [3.63, 3.8) is 0 Å². The molecule has 198 valence electrons. The molecule has 1 aromatic carbocycles. The predicted molar refractivity (Wildman–Crippen MR) is 141 cm³/mol. The Morgan fingerprint density at radius 2 is 2.11 bits per heavy atom. The van der Waals surface area contributed by atoms with Gasteiger partial charge in [0.1, 0.15) is 30.4 Å². The van der Waals surface area contributed by atoms with Gasteiger partial charge in [0.25, 0.3) is 0 Å². The van der Waals surface area contributed by atoms with Gasteiger partial charge >= 0.3 is 6.09 Å². The van der Waals surface area contributed by atoms with Crippen molar-refractivity contribution in [2.75, 3.05) is 46.3 Å². The van der Waals surface area contributed by atoms with Crippen molar-refractivity contribution in [3.8, 4) is 5.75 Å². The van der Waals surface area contributed by atoms with Crippen LogP contribution in [-0.2, 0) is 14.3 Å². The van der Waals surface area contributed by atoms with E-state index in [4.69, 9.17) is 19.2 Å². The van der Waals surface area contributed by atoms with Gasteiger partial charge in [-0.15, -0.1) is 0 Å². The van der Waals surface area contributed by atoms with E-state index >= 15 is 0 Å². The van der Waals surface area contributed by atoms with Crippen molar-refractivity contribution in [3.05, 3.63) is 47.6 Å². The molecule has 0 bridgehead atoms. The van der Waals surface area contributed by atoms with E-state index in [1.165, 1.54) is 7.11 Å². The molecule has 1 fully saturated rings. The van der Waals surface area contributed by atoms with E-state index in [-0.39, 0.29) is 24.5 Å². The third kappa shape index (κ3) is 5.45. The van der Waals surface area contributed by atoms with Gasteiger partial charge in [-0.1, -0.05) is 13.3 Å². The van der Waals surface area contributed by atoms with Crippen molar-refractivity contribution in [2.24, 2.45) is 15.9 Å². The summed E-state index contributed by atoms with van der Waals surface area (Å²) in [7, 11) is 5.16. The number of fused-ring (bicyclic) bond motifs is 1. The van der Waals surface area contributed by atoms with E-state index in [2.05, 4.69) is 17.4 Å². The van der Waals surface area contributed by atoms with E-state index in [1.54, 1.807) is 19.4 Å². The highest BCUT2D eigenvalue weighted by Crippen LogP contribution is 2.40. The molecular formula is C27H36N5O5+. The monoisotopic (exact) mass is 510 g/mol. The maximum Gasteiger partial charge on any atom is 0.412 e. The molecule has 1 saturated heterocycles. The number of anilines is 1. The lowest BCUT2D eigenvalue weighted by atomic mass is 10.0. The van der Waals surface area contributed by atoms with Crippen molar-refractivity contribution in [1.82, 2.24) is 4.90 Å². The molecule has 1 N–H and O–H groups in total. The first kappa shape index (κ1) is 26.6. The smallest absolute Gasteiger partial charge is 0.412 e. The molecule has 0 radical (unpaired) electrons. The van der Waals surface area contributed by atoms with Crippen molar-refractivity contribution in [1.29, 1.82) is 0 Å². The van der Waals surface area contributed by atoms with E-state index in [9.17, 15) is 9.59 Å². The van der Waals surface area contributed by atoms with Crippen LogP contribution in [0.2, 0.25) is 0 Å². The second kappa shape index (κ2) is 11.3. The van der Waals surface area contributed by atoms with Crippen LogP contribution < -0.4 is 10.1 Å². The van der Waals surface area contributed by atoms with Gasteiger partial charge < -0.3 is 19.1 Å². The number of quaternary nitrogens is 1. The third-order valence-corrected chi connectivity index (χ3v) is 6.97. The van der Waals surface area contributed by atoms with Gasteiger partial charge in [-0.3, -0.25) is 15.1 Å². The van der Waals surface area contributed by atoms with Crippen molar-refractivity contribution < 1.29 is 28.3 Å². The molecule has 0 aromatic heterocycles. The summed E-state index contributed by atoms with van der Waals surface area (Å²) in [4.78, 5) is 36.1. The number of nitrogens with one attached hydrogen (secondary N) is 1. The molecule has 3 heterocycles. The van der Waals surface area contributed by atoms with Crippen molar-refractivity contribution in [2.45, 2.75) is 39.2 Å². The summed E-state index contributed by atoms with van der Waals surface area (Å²) in [6.45, 7) is 5.27. The van der Waals surface area contributed by atoms with Crippen LogP contribution in [0, 0.1) is 5.92 Å². The fourth-order valence-corrected chi connectivity index (χ4v) is 5.03. The fourth-order valence-electron chi connectivity index (χ4n) is 5.03. The largest absolute Gasteiger partial charge is 0.495 e. The summed E-state index contributed by atoms with van der Waals surface area (Å²) < 4.78 is 16.4. The van der Waals surface area contributed by atoms with Gasteiger partial charge in [0.05, 0.1) is 37.8 Å². The van der Waals surface area contributed by atoms with Gasteiger partial charge in [-0.2, -0.15) is 4.99 Å². The van der Waals surface area contributed by atoms with Gasteiger partial charge in [0.15, 0.2) is 5.70 Å². The second-order valence-corrected chi connectivity index (χ2v) is 9.66. The van der Waals surface area contributed by atoms with Crippen LogP contribution in [0.1, 0.15) is 38.7 Å². The Bertz CT molecular complexity index is 1170. The number of amides is 2. The van der Waals surface area contributed by atoms with Gasteiger partial charge in [0, 0.05) is 26.1 Å². The number of hydrogen-bond donors (Lipinski definition) is 1. The fraction of sp³-hybridized carbons (Fsp3) is 0.481. The minimum absolute atomic E-state index is 0.0114. The third-order valence-electron chi connectivity index (χ3n) is 6.97. The molecule has 10 heteroatoms. The predicted octanol–water partition coefficient (Wildman–Crippen LogP) is 3.90. The topological polar surface area (TPSA) is 102 Å². The molecule has 3 aliphatic heterocycles. The van der Waals surface area contributed by atoms with Crippen molar-refractivity contribution >= 4 is 29.7 Å². The van der Waals surface area contributed by atoms with Crippen LogP contribution in [0.5, 0.6) is 5.75 Å². The number of carbonyl (C=O) groups is 2. The molecular weight excluding hydrogens is 474 g/mol. The second-order valence-electron chi connectivity index (χ2n) is 9.66. The van der Waals surface area contributed by atoms with E-state index in [1.807, 2.05) is 43.3 Å². The average molecular weight is 511 g/mol. The lowest BCUT2D eigenvalue weighted by Gasteiger charge is -2.28. The number of hydrogen-bond acceptors (Lipinski definition) is 7. The number of carbonyl (C=O) groups excluding carboxylic acids is 2. The maximum atomic E-state index is 12.4. The standard InChI is InChI=1S/C27H35N5O5/c1-6-7-18(2)37-27(34)29-21-9-8-19(14-23(21)36-5)26-30-25(22-15-28-11-13-32(22,26)3)20-10-12-31(16-20)24(33)17-35-4/h8-9,11,13-15,18,20H,6-7,10,12,16-17H2,1-5H3/p+1/t18-,20-,32?/m0/s1. The number of benzene rings is 1. The number of aliphatic imine (C=N–C) groups is 2. The Labute approximate surface area is 217 Å². The highest BCUT2D eigenvalue weighted by molar-refractivity contribution is 6.01. The van der Waals surface area contributed by atoms with Gasteiger partial charge in [-0.25, -0.2) is 9.28 Å². The molecule has 0 aliphatic carbocycles. The van der Waals surface area contributed by atoms with Crippen LogP contribution in [0.4, 0.5) is 10.5 Å². The molecule has 4 rings (SSSR count). The lowest BCUT2D eigenvalue weighted by Crippen LogP contribution is -2.43. The average Bonchev–Trinajstić information content (AvgIpc) is 3.47. The minimum Gasteiger partial charge on any atom is -0.495 e. The zero-order valence-corrected chi connectivity index (χ0v) is 22.2. The summed E-state index contributed by atoms with van der Waals surface area (Å²) in [6.07, 6.45) is 7.50. The maximum absolute atomic E-state index is 12.4. The van der Waals surface area contributed by atoms with Crippen LogP contribution in [0.25, 0.3) is 0 Å². The highest BCUT2D eigenvalue weighted by Gasteiger charge is 2.45. The molecule has 0 spiro atoms. The first-order valence-electron chi connectivity index (χ1n) is 12.6. The molecule has 37 heavy (non-hydrogen) atoms. The number of methoxy groups -OCH3 is 2. The number of allylic oxidation sites excluding steroid dienone is 1. The Balaban J connectivity index is 1.59. The summed E-state index contributed by atoms with van der Waals surface area (Å²) in [5.74, 6) is 1.42. The van der Waals surface area contributed by atoms with Crippen LogP contribution >= 0.6 is 0 Å². The van der Waals surface area contributed by atoms with E-state index in [0.29, 0.717) is 29.0 Å². The summed E-state index contributed by atoms with van der Waals surface area (Å²) in [5.41, 5.74) is 3.30. The molecule has 1 aromatic rings. The van der Waals surface area contributed by atoms with Crippen LogP contribution in [0.15, 0.2) is 52.0 Å². The Hall–Kier alpha value is -3.50. The molecule has 3 aliphatic rings. The van der Waals surface area contributed by atoms with Gasteiger partial charge in [-0.05, 0) is 38.0 Å². The van der Waals surface area contributed by atoms with E-state index < -0.39 is 6.09 Å². The molecule has 2 amide bonds. The number of amidine groups is 1. The minimum atomic E-state index is -0.514. The number of likely N-dealkylation sites (tertiary alicyclic amines) is 1. The Morgan fingerprint density at radius 3 is 2.84 bits per heavy atom.